The lowest BCUT2D eigenvalue weighted by Crippen LogP contribution is -2.49. The summed E-state index contributed by atoms with van der Waals surface area (Å²) >= 11 is 0. The van der Waals surface area contributed by atoms with Gasteiger partial charge in [-0.1, -0.05) is 12.1 Å². The highest BCUT2D eigenvalue weighted by Crippen LogP contribution is 2.35. The number of rotatable bonds is 7. The zero-order chi connectivity index (χ0) is 30.8. The van der Waals surface area contributed by atoms with Gasteiger partial charge >= 0.3 is 6.18 Å². The Hall–Kier alpha value is -5.04. The van der Waals surface area contributed by atoms with Crippen molar-refractivity contribution in [1.82, 2.24) is 34.4 Å². The molecule has 1 aromatic carbocycles. The van der Waals surface area contributed by atoms with Crippen LogP contribution in [0.15, 0.2) is 73.2 Å². The summed E-state index contributed by atoms with van der Waals surface area (Å²) in [5.74, 6) is -0.323. The van der Waals surface area contributed by atoms with Crippen molar-refractivity contribution >= 4 is 17.4 Å². The predicted octanol–water partition coefficient (Wildman–Crippen LogP) is 4.46. The molecule has 0 saturated carbocycles. The number of piperazine rings is 1. The molecular weight excluding hydrogens is 573 g/mol. The van der Waals surface area contributed by atoms with Crippen molar-refractivity contribution in [1.29, 1.82) is 0 Å². The smallest absolute Gasteiger partial charge is 0.419 e. The summed E-state index contributed by atoms with van der Waals surface area (Å²) in [5.41, 5.74) is 8.06. The minimum atomic E-state index is -4.65. The number of anilines is 1. The van der Waals surface area contributed by atoms with Crippen LogP contribution >= 0.6 is 0 Å². The van der Waals surface area contributed by atoms with Crippen LogP contribution in [0.5, 0.6) is 5.75 Å². The first kappa shape index (κ1) is 29.1. The van der Waals surface area contributed by atoms with Gasteiger partial charge in [-0.2, -0.15) is 18.3 Å². The van der Waals surface area contributed by atoms with Crippen LogP contribution in [0.4, 0.5) is 19.0 Å². The maximum absolute atomic E-state index is 13.5. The average molecular weight is 603 g/mol. The Labute approximate surface area is 250 Å². The first-order chi connectivity index (χ1) is 21.2. The van der Waals surface area contributed by atoms with E-state index in [1.165, 1.54) is 17.8 Å². The van der Waals surface area contributed by atoms with Crippen molar-refractivity contribution in [2.75, 3.05) is 45.6 Å². The van der Waals surface area contributed by atoms with Crippen molar-refractivity contribution < 1.29 is 22.7 Å². The quantitative estimate of drug-likeness (QED) is 0.291. The third-order valence-corrected chi connectivity index (χ3v) is 7.68. The van der Waals surface area contributed by atoms with E-state index in [1.54, 1.807) is 42.7 Å². The van der Waals surface area contributed by atoms with Crippen LogP contribution in [-0.2, 0) is 12.6 Å². The Kier molecular flexibility index (Phi) is 7.87. The molecule has 5 aromatic rings. The Bertz CT molecular complexity index is 1800. The number of imidazole rings is 1. The predicted molar refractivity (Wildman–Crippen MR) is 158 cm³/mol. The van der Waals surface area contributed by atoms with E-state index in [1.807, 2.05) is 23.1 Å². The molecule has 1 fully saturated rings. The van der Waals surface area contributed by atoms with Gasteiger partial charge in [0.2, 0.25) is 0 Å². The molecule has 0 bridgehead atoms. The highest BCUT2D eigenvalue weighted by Gasteiger charge is 2.34. The molecular formula is C31H29F3N8O2. The zero-order valence-electron chi connectivity index (χ0n) is 23.8. The highest BCUT2D eigenvalue weighted by molar-refractivity contribution is 5.97. The molecule has 0 unspecified atom stereocenters. The minimum absolute atomic E-state index is 0.118. The first-order valence-electron chi connectivity index (χ1n) is 14.0. The molecule has 1 amide bonds. The standard InChI is InChI=1S/C31H29F3N8O2/c1-44-27-17-20(5-6-23(27)30(43)41-14-12-40(13-15-41)11-9-22-4-2-3-10-36-22)26-19-37-28-8-7-25(39-42(26)28)21-16-24(31(32,33)34)29(35)38-18-21/h2-8,10,16-19H,9,11-15H2,1H3,(H2,35,38). The van der Waals surface area contributed by atoms with E-state index in [-0.39, 0.29) is 17.2 Å². The monoisotopic (exact) mass is 602 g/mol. The van der Waals surface area contributed by atoms with Crippen molar-refractivity contribution in [2.24, 2.45) is 0 Å². The van der Waals surface area contributed by atoms with Gasteiger partial charge in [-0.05, 0) is 42.5 Å². The summed E-state index contributed by atoms with van der Waals surface area (Å²) in [6.45, 7) is 3.61. The molecule has 1 aliphatic rings. The molecule has 0 atom stereocenters. The zero-order valence-corrected chi connectivity index (χ0v) is 23.8. The average Bonchev–Trinajstić information content (AvgIpc) is 3.47. The number of alkyl halides is 3. The number of aromatic nitrogens is 5. The lowest BCUT2D eigenvalue weighted by molar-refractivity contribution is -0.137. The Morgan fingerprint density at radius 1 is 0.955 bits per heavy atom. The Morgan fingerprint density at radius 3 is 2.50 bits per heavy atom. The third kappa shape index (κ3) is 5.91. The van der Waals surface area contributed by atoms with Gasteiger partial charge in [0.25, 0.3) is 5.91 Å². The summed E-state index contributed by atoms with van der Waals surface area (Å²) in [6, 6.07) is 15.3. The number of nitrogen functional groups attached to an aromatic ring is 1. The number of amides is 1. The number of carbonyl (C=O) groups is 1. The molecule has 2 N–H and O–H groups in total. The molecule has 0 radical (unpaired) electrons. The SMILES string of the molecule is COc1cc(-c2cnc3ccc(-c4cnc(N)c(C(F)(F)F)c4)nn23)ccc1C(=O)N1CCN(CCc2ccccn2)CC1. The number of hydrogen-bond acceptors (Lipinski definition) is 8. The van der Waals surface area contributed by atoms with Crippen molar-refractivity contribution in [3.05, 3.63) is 90.0 Å². The van der Waals surface area contributed by atoms with Gasteiger partial charge in [0.1, 0.15) is 11.6 Å². The van der Waals surface area contributed by atoms with Crippen molar-refractivity contribution in [3.63, 3.8) is 0 Å². The van der Waals surface area contributed by atoms with E-state index < -0.39 is 17.6 Å². The van der Waals surface area contributed by atoms with Gasteiger partial charge in [0.15, 0.2) is 5.65 Å². The van der Waals surface area contributed by atoms with Crippen LogP contribution in [-0.4, -0.2) is 80.1 Å². The topological polar surface area (TPSA) is 115 Å². The molecule has 5 heterocycles. The van der Waals surface area contributed by atoms with Crippen LogP contribution in [0.2, 0.25) is 0 Å². The van der Waals surface area contributed by atoms with Crippen molar-refractivity contribution in [3.8, 4) is 28.3 Å². The van der Waals surface area contributed by atoms with E-state index >= 15 is 0 Å². The van der Waals surface area contributed by atoms with E-state index in [0.29, 0.717) is 41.3 Å². The largest absolute Gasteiger partial charge is 0.496 e. The van der Waals surface area contributed by atoms with Gasteiger partial charge in [-0.25, -0.2) is 14.5 Å². The molecule has 13 heteroatoms. The first-order valence-corrected chi connectivity index (χ1v) is 14.0. The van der Waals surface area contributed by atoms with Crippen LogP contribution < -0.4 is 10.5 Å². The Balaban J connectivity index is 1.20. The summed E-state index contributed by atoms with van der Waals surface area (Å²) in [5, 5.41) is 4.54. The molecule has 4 aromatic heterocycles. The van der Waals surface area contributed by atoms with Gasteiger partial charge in [-0.3, -0.25) is 14.7 Å². The number of halogens is 3. The molecule has 6 rings (SSSR count). The number of benzene rings is 1. The number of nitrogens with zero attached hydrogens (tertiary/aromatic N) is 7. The second kappa shape index (κ2) is 11.9. The van der Waals surface area contributed by atoms with Gasteiger partial charge < -0.3 is 15.4 Å². The fourth-order valence-corrected chi connectivity index (χ4v) is 5.26. The number of carbonyl (C=O) groups excluding carboxylic acids is 1. The van der Waals surface area contributed by atoms with Crippen molar-refractivity contribution in [2.45, 2.75) is 12.6 Å². The summed E-state index contributed by atoms with van der Waals surface area (Å²) in [6.07, 6.45) is 0.854. The lowest BCUT2D eigenvalue weighted by atomic mass is 10.1. The van der Waals surface area contributed by atoms with E-state index in [9.17, 15) is 18.0 Å². The van der Waals surface area contributed by atoms with Gasteiger partial charge in [0.05, 0.1) is 35.8 Å². The fourth-order valence-electron chi connectivity index (χ4n) is 5.26. The third-order valence-electron chi connectivity index (χ3n) is 7.68. The maximum Gasteiger partial charge on any atom is 0.419 e. The number of pyridine rings is 2. The molecule has 44 heavy (non-hydrogen) atoms. The van der Waals surface area contributed by atoms with Gasteiger partial charge in [0, 0.05) is 68.4 Å². The number of hydrogen-bond donors (Lipinski definition) is 1. The summed E-state index contributed by atoms with van der Waals surface area (Å²) < 4.78 is 47.4. The maximum atomic E-state index is 13.5. The summed E-state index contributed by atoms with van der Waals surface area (Å²) in [4.78, 5) is 30.1. The van der Waals surface area contributed by atoms with E-state index in [4.69, 9.17) is 10.5 Å². The second-order valence-electron chi connectivity index (χ2n) is 10.4. The fraction of sp³-hybridized carbons (Fsp3) is 0.258. The minimum Gasteiger partial charge on any atom is -0.496 e. The molecule has 10 nitrogen and oxygen atoms in total. The lowest BCUT2D eigenvalue weighted by Gasteiger charge is -2.35. The van der Waals surface area contributed by atoms with Crippen LogP contribution in [0.1, 0.15) is 21.6 Å². The number of nitrogens with two attached hydrogens (primary N) is 1. The molecule has 226 valence electrons. The van der Waals surface area contributed by atoms with E-state index in [0.717, 1.165) is 37.8 Å². The number of methoxy groups -OCH3 is 1. The number of ether oxygens (including phenoxy) is 1. The normalized spacial score (nSPS) is 14.2. The van der Waals surface area contributed by atoms with Crippen LogP contribution in [0.25, 0.3) is 28.2 Å². The van der Waals surface area contributed by atoms with Crippen LogP contribution in [0, 0.1) is 0 Å². The second-order valence-corrected chi connectivity index (χ2v) is 10.4. The molecule has 1 saturated heterocycles. The molecule has 0 aliphatic carbocycles. The highest BCUT2D eigenvalue weighted by atomic mass is 19.4. The number of fused-ring (bicyclic) bond motifs is 1. The molecule has 1 aliphatic heterocycles. The van der Waals surface area contributed by atoms with Crippen LogP contribution in [0.3, 0.4) is 0 Å². The van der Waals surface area contributed by atoms with Gasteiger partial charge in [-0.15, -0.1) is 0 Å². The molecule has 0 spiro atoms. The Morgan fingerprint density at radius 2 is 1.77 bits per heavy atom. The summed E-state index contributed by atoms with van der Waals surface area (Å²) in [7, 11) is 1.50. The van der Waals surface area contributed by atoms with E-state index in [2.05, 4.69) is 25.0 Å².